The third-order valence-electron chi connectivity index (χ3n) is 6.07. The summed E-state index contributed by atoms with van der Waals surface area (Å²) in [6, 6.07) is 6.94. The van der Waals surface area contributed by atoms with E-state index >= 15 is 0 Å². The number of imidazole rings is 2. The number of benzene rings is 2. The van der Waals surface area contributed by atoms with Crippen molar-refractivity contribution in [2.75, 3.05) is 7.11 Å². The third kappa shape index (κ3) is 4.62. The van der Waals surface area contributed by atoms with Gasteiger partial charge in [0, 0.05) is 11.8 Å². The molecular weight excluding hydrogens is 531 g/mol. The van der Waals surface area contributed by atoms with Crippen molar-refractivity contribution in [2.45, 2.75) is 24.8 Å². The van der Waals surface area contributed by atoms with E-state index in [-0.39, 0.29) is 11.1 Å². The molecule has 0 spiro atoms. The number of aromatic nitrogens is 6. The van der Waals surface area contributed by atoms with E-state index in [4.69, 9.17) is 4.74 Å². The molecule has 3 aromatic heterocycles. The van der Waals surface area contributed by atoms with Gasteiger partial charge in [-0.1, -0.05) is 31.6 Å². The Morgan fingerprint density at radius 1 is 1.05 bits per heavy atom. The minimum absolute atomic E-state index is 0.0544. The van der Waals surface area contributed by atoms with E-state index in [0.29, 0.717) is 34.8 Å². The lowest BCUT2D eigenvalue weighted by Crippen LogP contribution is -2.26. The average molecular weight is 553 g/mol. The third-order valence-corrected chi connectivity index (χ3v) is 7.23. The van der Waals surface area contributed by atoms with E-state index in [1.807, 2.05) is 23.8 Å². The minimum atomic E-state index is -9.80. The number of halogens is 5. The van der Waals surface area contributed by atoms with Crippen LogP contribution < -0.4 is 10.3 Å². The maximum absolute atomic E-state index is 13.2. The maximum Gasteiger partial charge on any atom is 0.310 e. The first-order valence-electron chi connectivity index (χ1n) is 11.2. The molecule has 0 bridgehead atoms. The van der Waals surface area contributed by atoms with E-state index in [1.54, 1.807) is 18.5 Å². The number of methoxy groups -OCH3 is 1. The first kappa shape index (κ1) is 25.4. The highest BCUT2D eigenvalue weighted by molar-refractivity contribution is 8.45. The van der Waals surface area contributed by atoms with Gasteiger partial charge in [-0.05, 0) is 49.7 Å². The van der Waals surface area contributed by atoms with Crippen LogP contribution in [0.4, 0.5) is 19.4 Å². The molecule has 1 N–H and O–H groups in total. The summed E-state index contributed by atoms with van der Waals surface area (Å²) in [6.07, 6.45) is 4.87. The Labute approximate surface area is 212 Å². The lowest BCUT2D eigenvalue weighted by molar-refractivity contribution is 0.364. The lowest BCUT2D eigenvalue weighted by atomic mass is 10.1. The zero-order chi connectivity index (χ0) is 27.5. The second-order valence-corrected chi connectivity index (χ2v) is 11.2. The molecule has 0 saturated carbocycles. The molecule has 5 aromatic rings. The normalized spacial score (nSPS) is 14.7. The lowest BCUT2D eigenvalue weighted by Gasteiger charge is -2.40. The van der Waals surface area contributed by atoms with E-state index in [0.717, 1.165) is 28.2 Å². The van der Waals surface area contributed by atoms with Crippen LogP contribution in [0.25, 0.3) is 28.1 Å². The molecule has 5 rings (SSSR count). The highest BCUT2D eigenvalue weighted by Gasteiger charge is 2.65. The fourth-order valence-corrected chi connectivity index (χ4v) is 4.72. The number of ether oxygens (including phenoxy) is 1. The van der Waals surface area contributed by atoms with Crippen LogP contribution in [-0.4, -0.2) is 36.4 Å². The van der Waals surface area contributed by atoms with Gasteiger partial charge < -0.3 is 14.3 Å². The van der Waals surface area contributed by atoms with E-state index in [9.17, 15) is 24.2 Å². The zero-order valence-electron chi connectivity index (χ0n) is 20.2. The van der Waals surface area contributed by atoms with Gasteiger partial charge in [-0.2, -0.15) is 5.10 Å². The van der Waals surface area contributed by atoms with Crippen molar-refractivity contribution in [1.29, 1.82) is 0 Å². The summed E-state index contributed by atoms with van der Waals surface area (Å²) in [5.41, 5.74) is 2.20. The standard InChI is InChI=1S/C24H21F5N6O2S/c1-14-12-34(13-30-14)20-9-6-17(10-21(20)37-3)23-32-19-11-31-35(24(36)22(19)33-23)15(2)16-4-7-18(8-5-16)38(25,26,27,28)29/h4-13,15H,1-3H3,(H,32,33). The number of rotatable bonds is 6. The first-order chi connectivity index (χ1) is 17.6. The fourth-order valence-electron chi connectivity index (χ4n) is 4.07. The summed E-state index contributed by atoms with van der Waals surface area (Å²) in [6.45, 7) is 3.38. The predicted molar refractivity (Wildman–Crippen MR) is 134 cm³/mol. The smallest absolute Gasteiger partial charge is 0.310 e. The number of hydrogen-bond acceptors (Lipinski definition) is 5. The monoisotopic (exact) mass is 552 g/mol. The molecule has 38 heavy (non-hydrogen) atoms. The van der Waals surface area contributed by atoms with Gasteiger partial charge in [-0.25, -0.2) is 14.6 Å². The van der Waals surface area contributed by atoms with Crippen LogP contribution in [0.3, 0.4) is 0 Å². The Balaban J connectivity index is 1.50. The molecule has 0 aliphatic heterocycles. The van der Waals surface area contributed by atoms with Gasteiger partial charge in [-0.15, -0.1) is 0 Å². The van der Waals surface area contributed by atoms with Crippen LogP contribution in [0.1, 0.15) is 24.2 Å². The molecule has 14 heteroatoms. The number of nitrogens with zero attached hydrogens (tertiary/aromatic N) is 5. The van der Waals surface area contributed by atoms with Crippen molar-refractivity contribution in [3.05, 3.63) is 82.8 Å². The minimum Gasteiger partial charge on any atom is -0.495 e. The number of H-pyrrole nitrogens is 1. The molecule has 0 amide bonds. The van der Waals surface area contributed by atoms with Gasteiger partial charge in [0.15, 0.2) is 5.52 Å². The molecule has 8 nitrogen and oxygen atoms in total. The fraction of sp³-hybridized carbons (Fsp3) is 0.167. The van der Waals surface area contributed by atoms with E-state index in [1.165, 1.54) is 20.2 Å². The summed E-state index contributed by atoms with van der Waals surface area (Å²) >= 11 is 0. The van der Waals surface area contributed by atoms with Crippen molar-refractivity contribution in [3.8, 4) is 22.8 Å². The van der Waals surface area contributed by atoms with Crippen molar-refractivity contribution in [1.82, 2.24) is 29.3 Å². The number of hydrogen-bond donors (Lipinski definition) is 1. The quantitative estimate of drug-likeness (QED) is 0.241. The van der Waals surface area contributed by atoms with Crippen LogP contribution in [0.15, 0.2) is 70.9 Å². The van der Waals surface area contributed by atoms with Gasteiger partial charge in [0.05, 0.1) is 42.6 Å². The SMILES string of the molecule is COc1cc(-c2nc3c(=O)n(C(C)c4ccc(S(F)(F)(F)(F)F)cc4)ncc3[nH]2)ccc1-n1cnc(C)c1. The second kappa shape index (κ2) is 7.90. The van der Waals surface area contributed by atoms with Crippen molar-refractivity contribution in [3.63, 3.8) is 0 Å². The van der Waals surface area contributed by atoms with Crippen molar-refractivity contribution >= 4 is 21.3 Å². The van der Waals surface area contributed by atoms with Crippen LogP contribution >= 0.6 is 10.2 Å². The van der Waals surface area contributed by atoms with Crippen molar-refractivity contribution in [2.24, 2.45) is 0 Å². The summed E-state index contributed by atoms with van der Waals surface area (Å²) < 4.78 is 73.6. The highest BCUT2D eigenvalue weighted by atomic mass is 32.5. The van der Waals surface area contributed by atoms with Crippen LogP contribution in [0, 0.1) is 6.92 Å². The second-order valence-electron chi connectivity index (χ2n) is 8.76. The molecule has 200 valence electrons. The Morgan fingerprint density at radius 2 is 1.76 bits per heavy atom. The van der Waals surface area contributed by atoms with Crippen molar-refractivity contribution < 1.29 is 24.2 Å². The Hall–Kier alpha value is -4.20. The first-order valence-corrected chi connectivity index (χ1v) is 13.1. The van der Waals surface area contributed by atoms with E-state index in [2.05, 4.69) is 20.1 Å². The molecule has 1 unspecified atom stereocenters. The van der Waals surface area contributed by atoms with E-state index < -0.39 is 26.7 Å². The van der Waals surface area contributed by atoms with Crippen LogP contribution in [0.2, 0.25) is 0 Å². The molecule has 1 atom stereocenters. The zero-order valence-corrected chi connectivity index (χ0v) is 21.0. The van der Waals surface area contributed by atoms with Gasteiger partial charge in [0.1, 0.15) is 16.5 Å². The largest absolute Gasteiger partial charge is 0.495 e. The molecular formula is C24H21F5N6O2S. The highest BCUT2D eigenvalue weighted by Crippen LogP contribution is 3.02. The predicted octanol–water partition coefficient (Wildman–Crippen LogP) is 6.56. The summed E-state index contributed by atoms with van der Waals surface area (Å²) in [5.74, 6) is 0.913. The Morgan fingerprint density at radius 3 is 2.37 bits per heavy atom. The molecule has 0 aliphatic carbocycles. The van der Waals surface area contributed by atoms with Crippen LogP contribution in [-0.2, 0) is 0 Å². The number of nitrogens with one attached hydrogen (secondary N) is 1. The summed E-state index contributed by atoms with van der Waals surface area (Å²) in [4.78, 5) is 22.8. The molecule has 0 saturated heterocycles. The van der Waals surface area contributed by atoms with Gasteiger partial charge in [0.2, 0.25) is 0 Å². The van der Waals surface area contributed by atoms with Crippen LogP contribution in [0.5, 0.6) is 5.75 Å². The molecule has 0 fully saturated rings. The summed E-state index contributed by atoms with van der Waals surface area (Å²) in [5, 5.41) is 4.11. The Bertz CT molecular complexity index is 1740. The molecule has 0 aliphatic rings. The average Bonchev–Trinajstić information content (AvgIpc) is 3.49. The number of fused-ring (bicyclic) bond motifs is 1. The molecule has 2 aromatic carbocycles. The Kier molecular flexibility index (Phi) is 5.29. The molecule has 0 radical (unpaired) electrons. The molecule has 3 heterocycles. The summed E-state index contributed by atoms with van der Waals surface area (Å²) in [7, 11) is -8.27. The number of aromatic amines is 1. The maximum atomic E-state index is 13.2. The topological polar surface area (TPSA) is 90.6 Å². The number of aryl methyl sites for hydroxylation is 1. The van der Waals surface area contributed by atoms with Gasteiger partial charge in [0.25, 0.3) is 5.56 Å². The van der Waals surface area contributed by atoms with Gasteiger partial charge >= 0.3 is 10.2 Å². The van der Waals surface area contributed by atoms with Gasteiger partial charge in [-0.3, -0.25) is 4.79 Å².